The van der Waals surface area contributed by atoms with Crippen molar-refractivity contribution < 1.29 is 0 Å². The Labute approximate surface area is 109 Å². The van der Waals surface area contributed by atoms with Crippen LogP contribution >= 0.6 is 11.8 Å². The van der Waals surface area contributed by atoms with Crippen molar-refractivity contribution in [2.24, 2.45) is 5.92 Å². The van der Waals surface area contributed by atoms with Crippen LogP contribution in [-0.4, -0.2) is 18.3 Å². The Morgan fingerprint density at radius 3 is 2.82 bits per heavy atom. The van der Waals surface area contributed by atoms with Gasteiger partial charge in [0.1, 0.15) is 0 Å². The predicted octanol–water partition coefficient (Wildman–Crippen LogP) is 3.95. The summed E-state index contributed by atoms with van der Waals surface area (Å²) < 4.78 is 0. The highest BCUT2D eigenvalue weighted by Gasteiger charge is 2.17. The first-order valence-electron chi connectivity index (χ1n) is 6.76. The molecular formula is C15H23NS. The average Bonchev–Trinajstić information content (AvgIpc) is 2.36. The molecule has 2 heteroatoms. The lowest BCUT2D eigenvalue weighted by atomic mass is 9.87. The first-order chi connectivity index (χ1) is 8.34. The fraction of sp³-hybridized carbons (Fsp3) is 0.600. The largest absolute Gasteiger partial charge is 0.313 e. The van der Waals surface area contributed by atoms with E-state index in [-0.39, 0.29) is 0 Å². The molecule has 17 heavy (non-hydrogen) atoms. The Morgan fingerprint density at radius 2 is 2.06 bits per heavy atom. The van der Waals surface area contributed by atoms with Gasteiger partial charge in [-0.25, -0.2) is 0 Å². The zero-order chi connectivity index (χ0) is 11.9. The summed E-state index contributed by atoms with van der Waals surface area (Å²) in [5.74, 6) is 2.09. The van der Waals surface area contributed by atoms with E-state index in [0.29, 0.717) is 0 Å². The normalized spacial score (nSPS) is 24.8. The number of nitrogens with one attached hydrogen (secondary N) is 1. The summed E-state index contributed by atoms with van der Waals surface area (Å²) in [5.41, 5.74) is 0. The Balaban J connectivity index is 1.60. The molecular weight excluding hydrogens is 226 g/mol. The molecule has 1 fully saturated rings. The number of rotatable bonds is 5. The number of hydrogen-bond acceptors (Lipinski definition) is 2. The van der Waals surface area contributed by atoms with E-state index in [2.05, 4.69) is 42.6 Å². The summed E-state index contributed by atoms with van der Waals surface area (Å²) in [4.78, 5) is 1.38. The molecule has 1 aliphatic rings. The van der Waals surface area contributed by atoms with E-state index in [1.165, 1.54) is 36.3 Å². The van der Waals surface area contributed by atoms with E-state index >= 15 is 0 Å². The quantitative estimate of drug-likeness (QED) is 0.626. The molecule has 0 heterocycles. The number of thioether (sulfide) groups is 1. The molecule has 1 saturated carbocycles. The molecule has 0 aromatic heterocycles. The topological polar surface area (TPSA) is 12.0 Å². The number of benzene rings is 1. The minimum Gasteiger partial charge on any atom is -0.313 e. The molecule has 2 atom stereocenters. The third-order valence-corrected chi connectivity index (χ3v) is 4.50. The maximum absolute atomic E-state index is 3.70. The summed E-state index contributed by atoms with van der Waals surface area (Å²) in [7, 11) is 0. The van der Waals surface area contributed by atoms with Gasteiger partial charge in [0.15, 0.2) is 0 Å². The highest BCUT2D eigenvalue weighted by atomic mass is 32.2. The van der Waals surface area contributed by atoms with Crippen LogP contribution in [0, 0.1) is 5.92 Å². The first-order valence-corrected chi connectivity index (χ1v) is 7.74. The van der Waals surface area contributed by atoms with Gasteiger partial charge in [0.2, 0.25) is 0 Å². The second kappa shape index (κ2) is 7.07. The Bertz CT molecular complexity index is 312. The van der Waals surface area contributed by atoms with Crippen molar-refractivity contribution in [2.45, 2.75) is 43.5 Å². The lowest BCUT2D eigenvalue weighted by molar-refractivity contribution is 0.306. The van der Waals surface area contributed by atoms with Gasteiger partial charge in [-0.2, -0.15) is 0 Å². The van der Waals surface area contributed by atoms with Crippen LogP contribution in [0.25, 0.3) is 0 Å². The van der Waals surface area contributed by atoms with E-state index in [9.17, 15) is 0 Å². The van der Waals surface area contributed by atoms with Gasteiger partial charge in [-0.05, 0) is 30.9 Å². The predicted molar refractivity (Wildman–Crippen MR) is 76.6 cm³/mol. The summed E-state index contributed by atoms with van der Waals surface area (Å²) in [6, 6.07) is 11.4. The second-order valence-electron chi connectivity index (χ2n) is 5.08. The monoisotopic (exact) mass is 249 g/mol. The Hall–Kier alpha value is -0.470. The zero-order valence-corrected chi connectivity index (χ0v) is 11.5. The third-order valence-electron chi connectivity index (χ3n) is 3.48. The minimum atomic E-state index is 0.773. The van der Waals surface area contributed by atoms with E-state index in [1.807, 2.05) is 11.8 Å². The van der Waals surface area contributed by atoms with E-state index < -0.39 is 0 Å². The summed E-state index contributed by atoms with van der Waals surface area (Å²) >= 11 is 1.95. The lowest BCUT2D eigenvalue weighted by Gasteiger charge is -2.27. The molecule has 0 radical (unpaired) electrons. The molecule has 0 saturated heterocycles. The molecule has 0 spiro atoms. The minimum absolute atomic E-state index is 0.773. The highest BCUT2D eigenvalue weighted by molar-refractivity contribution is 7.99. The standard InChI is InChI=1S/C15H23NS/c1-13-6-5-7-14(12-13)16-10-11-17-15-8-3-2-4-9-15/h2-4,8-9,13-14,16H,5-7,10-12H2,1H3. The van der Waals surface area contributed by atoms with Crippen LogP contribution in [0.15, 0.2) is 35.2 Å². The van der Waals surface area contributed by atoms with Crippen molar-refractivity contribution in [3.05, 3.63) is 30.3 Å². The van der Waals surface area contributed by atoms with Crippen LogP contribution in [0.5, 0.6) is 0 Å². The third kappa shape index (κ3) is 4.72. The van der Waals surface area contributed by atoms with Gasteiger partial charge in [-0.3, -0.25) is 0 Å². The Morgan fingerprint density at radius 1 is 1.24 bits per heavy atom. The molecule has 1 aromatic carbocycles. The van der Waals surface area contributed by atoms with Crippen LogP contribution in [-0.2, 0) is 0 Å². The van der Waals surface area contributed by atoms with Crippen molar-refractivity contribution in [3.63, 3.8) is 0 Å². The van der Waals surface area contributed by atoms with Gasteiger partial charge in [0.25, 0.3) is 0 Å². The van der Waals surface area contributed by atoms with Crippen molar-refractivity contribution in [3.8, 4) is 0 Å². The smallest absolute Gasteiger partial charge is 0.0106 e. The summed E-state index contributed by atoms with van der Waals surface area (Å²) in [5, 5.41) is 3.70. The molecule has 0 amide bonds. The second-order valence-corrected chi connectivity index (χ2v) is 6.25. The number of hydrogen-bond donors (Lipinski definition) is 1. The first kappa shape index (κ1) is 13.0. The van der Waals surface area contributed by atoms with Crippen LogP contribution in [0.1, 0.15) is 32.6 Å². The molecule has 94 valence electrons. The molecule has 1 aromatic rings. The molecule has 0 bridgehead atoms. The zero-order valence-electron chi connectivity index (χ0n) is 10.7. The molecule has 2 rings (SSSR count). The van der Waals surface area contributed by atoms with Gasteiger partial charge in [-0.15, -0.1) is 11.8 Å². The molecule has 0 aliphatic heterocycles. The maximum atomic E-state index is 3.70. The van der Waals surface area contributed by atoms with Gasteiger partial charge in [0, 0.05) is 23.2 Å². The molecule has 1 aliphatic carbocycles. The summed E-state index contributed by atoms with van der Waals surface area (Å²) in [6.45, 7) is 3.52. The summed E-state index contributed by atoms with van der Waals surface area (Å²) in [6.07, 6.45) is 5.58. The van der Waals surface area contributed by atoms with Gasteiger partial charge in [0.05, 0.1) is 0 Å². The molecule has 2 unspecified atom stereocenters. The fourth-order valence-corrected chi connectivity index (χ4v) is 3.37. The van der Waals surface area contributed by atoms with Crippen molar-refractivity contribution in [1.29, 1.82) is 0 Å². The lowest BCUT2D eigenvalue weighted by Crippen LogP contribution is -2.34. The maximum Gasteiger partial charge on any atom is 0.0106 e. The van der Waals surface area contributed by atoms with Crippen molar-refractivity contribution >= 4 is 11.8 Å². The van der Waals surface area contributed by atoms with Gasteiger partial charge < -0.3 is 5.32 Å². The Kier molecular flexibility index (Phi) is 5.40. The highest BCUT2D eigenvalue weighted by Crippen LogP contribution is 2.23. The van der Waals surface area contributed by atoms with Crippen molar-refractivity contribution in [1.82, 2.24) is 5.32 Å². The molecule has 1 nitrogen and oxygen atoms in total. The van der Waals surface area contributed by atoms with E-state index in [0.717, 1.165) is 18.5 Å². The van der Waals surface area contributed by atoms with Gasteiger partial charge >= 0.3 is 0 Å². The average molecular weight is 249 g/mol. The van der Waals surface area contributed by atoms with Crippen LogP contribution < -0.4 is 5.32 Å². The van der Waals surface area contributed by atoms with E-state index in [4.69, 9.17) is 0 Å². The van der Waals surface area contributed by atoms with E-state index in [1.54, 1.807) is 0 Å². The van der Waals surface area contributed by atoms with Gasteiger partial charge in [-0.1, -0.05) is 38.0 Å². The van der Waals surface area contributed by atoms with Crippen LogP contribution in [0.4, 0.5) is 0 Å². The van der Waals surface area contributed by atoms with Crippen LogP contribution in [0.2, 0.25) is 0 Å². The fourth-order valence-electron chi connectivity index (χ4n) is 2.57. The SMILES string of the molecule is CC1CCCC(NCCSc2ccccc2)C1. The van der Waals surface area contributed by atoms with Crippen LogP contribution in [0.3, 0.4) is 0 Å². The molecule has 1 N–H and O–H groups in total. The van der Waals surface area contributed by atoms with Crippen molar-refractivity contribution in [2.75, 3.05) is 12.3 Å².